The van der Waals surface area contributed by atoms with Gasteiger partial charge in [0.15, 0.2) is 16.6 Å². The van der Waals surface area contributed by atoms with Gasteiger partial charge in [-0.15, -0.1) is 0 Å². The molecule has 0 spiro atoms. The van der Waals surface area contributed by atoms with Crippen molar-refractivity contribution in [1.82, 2.24) is 0 Å². The number of fused-ring (bicyclic) bond motifs is 1. The molecule has 0 unspecified atom stereocenters. The lowest BCUT2D eigenvalue weighted by Gasteiger charge is -2.58. The van der Waals surface area contributed by atoms with Crippen molar-refractivity contribution in [3.05, 3.63) is 11.6 Å². The first-order valence-corrected chi connectivity index (χ1v) is 19.1. The van der Waals surface area contributed by atoms with Crippen LogP contribution in [-0.2, 0) is 13.6 Å². The number of rotatable bonds is 11. The largest absolute Gasteiger partial charge is 0.417 e. The first-order chi connectivity index (χ1) is 15.2. The van der Waals surface area contributed by atoms with Crippen molar-refractivity contribution < 1.29 is 13.6 Å². The molecule has 2 rings (SSSR count). The van der Waals surface area contributed by atoms with Crippen LogP contribution in [0.1, 0.15) is 93.9 Å². The first-order valence-electron chi connectivity index (χ1n) is 13.7. The van der Waals surface area contributed by atoms with Gasteiger partial charge < -0.3 is 8.85 Å². The maximum absolute atomic E-state index is 11.6. The highest BCUT2D eigenvalue weighted by molar-refractivity contribution is 6.74. The van der Waals surface area contributed by atoms with Gasteiger partial charge in [-0.2, -0.15) is 0 Å². The average Bonchev–Trinajstić information content (AvgIpc) is 2.75. The minimum atomic E-state index is -1.72. The Kier molecular flexibility index (Phi) is 9.49. The van der Waals surface area contributed by atoms with Crippen LogP contribution in [0.3, 0.4) is 0 Å². The Morgan fingerprint density at radius 2 is 1.70 bits per heavy atom. The van der Waals surface area contributed by atoms with E-state index in [9.17, 15) is 4.79 Å². The van der Waals surface area contributed by atoms with E-state index in [0.29, 0.717) is 12.0 Å². The van der Waals surface area contributed by atoms with Crippen LogP contribution < -0.4 is 0 Å². The van der Waals surface area contributed by atoms with Crippen molar-refractivity contribution in [3.63, 3.8) is 0 Å². The van der Waals surface area contributed by atoms with Crippen LogP contribution in [0.25, 0.3) is 0 Å². The molecule has 5 heteroatoms. The van der Waals surface area contributed by atoms with Crippen molar-refractivity contribution >= 4 is 22.9 Å². The fraction of sp³-hybridized carbons (Fsp3) is 0.893. The molecule has 0 aromatic rings. The predicted molar refractivity (Wildman–Crippen MR) is 147 cm³/mol. The van der Waals surface area contributed by atoms with Crippen LogP contribution in [0, 0.1) is 16.7 Å². The summed E-state index contributed by atoms with van der Waals surface area (Å²) in [4.78, 5) is 11.6. The molecule has 0 heterocycles. The highest BCUT2D eigenvalue weighted by Crippen LogP contribution is 2.59. The second-order valence-corrected chi connectivity index (χ2v) is 22.6. The summed E-state index contributed by atoms with van der Waals surface area (Å²) in [6.45, 7) is 24.5. The van der Waals surface area contributed by atoms with Crippen LogP contribution in [0.15, 0.2) is 11.6 Å². The molecule has 4 atom stereocenters. The zero-order chi connectivity index (χ0) is 25.1. The molecule has 0 radical (unpaired) electrons. The van der Waals surface area contributed by atoms with Gasteiger partial charge in [0, 0.05) is 6.61 Å². The van der Waals surface area contributed by atoms with Gasteiger partial charge in [-0.05, 0) is 97.1 Å². The van der Waals surface area contributed by atoms with E-state index >= 15 is 0 Å². The van der Waals surface area contributed by atoms with Gasteiger partial charge in [0.25, 0.3) is 0 Å². The Hall–Kier alpha value is -0.236. The van der Waals surface area contributed by atoms with Crippen LogP contribution in [-0.4, -0.2) is 35.6 Å². The zero-order valence-corrected chi connectivity index (χ0v) is 25.6. The molecule has 0 aromatic carbocycles. The van der Waals surface area contributed by atoms with Gasteiger partial charge in [0.2, 0.25) is 0 Å². The van der Waals surface area contributed by atoms with Gasteiger partial charge >= 0.3 is 0 Å². The third-order valence-corrected chi connectivity index (χ3v) is 19.3. The van der Waals surface area contributed by atoms with E-state index in [1.165, 1.54) is 18.1 Å². The van der Waals surface area contributed by atoms with Gasteiger partial charge in [-0.3, -0.25) is 4.79 Å². The molecule has 1 saturated carbocycles. The molecule has 1 fully saturated rings. The molecule has 0 N–H and O–H groups in total. The third kappa shape index (κ3) is 6.13. The minimum absolute atomic E-state index is 0.109. The van der Waals surface area contributed by atoms with Gasteiger partial charge in [-0.25, -0.2) is 0 Å². The molecule has 0 bridgehead atoms. The molecule has 192 valence electrons. The summed E-state index contributed by atoms with van der Waals surface area (Å²) in [5.41, 5.74) is 1.25. The van der Waals surface area contributed by atoms with Crippen molar-refractivity contribution in [2.75, 3.05) is 6.61 Å². The summed E-state index contributed by atoms with van der Waals surface area (Å²) in [6, 6.07) is 3.62. The van der Waals surface area contributed by atoms with Crippen LogP contribution >= 0.6 is 0 Å². The van der Waals surface area contributed by atoms with E-state index < -0.39 is 16.6 Å². The van der Waals surface area contributed by atoms with E-state index in [-0.39, 0.29) is 15.9 Å². The van der Waals surface area contributed by atoms with Crippen LogP contribution in [0.4, 0.5) is 0 Å². The second kappa shape index (κ2) is 10.8. The van der Waals surface area contributed by atoms with E-state index in [0.717, 1.165) is 57.0 Å². The van der Waals surface area contributed by atoms with Gasteiger partial charge in [0.1, 0.15) is 6.29 Å². The smallest absolute Gasteiger partial charge is 0.192 e. The Morgan fingerprint density at radius 1 is 1.09 bits per heavy atom. The van der Waals surface area contributed by atoms with Crippen LogP contribution in [0.5, 0.6) is 0 Å². The predicted octanol–water partition coefficient (Wildman–Crippen LogP) is 8.52. The van der Waals surface area contributed by atoms with E-state index in [1.807, 2.05) is 0 Å². The number of aldehydes is 1. The van der Waals surface area contributed by atoms with Crippen molar-refractivity contribution in [2.24, 2.45) is 16.7 Å². The minimum Gasteiger partial charge on any atom is -0.417 e. The Bertz CT molecular complexity index is 683. The first kappa shape index (κ1) is 29.0. The van der Waals surface area contributed by atoms with E-state index in [4.69, 9.17) is 8.85 Å². The molecular weight excluding hydrogens is 440 g/mol. The lowest BCUT2D eigenvalue weighted by atomic mass is 9.50. The SMILES string of the molecule is CC[Si](CC)(CC)O[C@@H]1CC[C@@]2(C)C=C(C=O)CC[C@H]2[C@]1(C)CCCO[Si](C)(C)C(C)(C)C. The average molecular weight is 495 g/mol. The summed E-state index contributed by atoms with van der Waals surface area (Å²) in [5.74, 6) is 0.567. The molecule has 3 nitrogen and oxygen atoms in total. The summed E-state index contributed by atoms with van der Waals surface area (Å²) in [5, 5.41) is 0.250. The molecule has 2 aliphatic rings. The fourth-order valence-electron chi connectivity index (χ4n) is 6.48. The summed E-state index contributed by atoms with van der Waals surface area (Å²) >= 11 is 0. The lowest BCUT2D eigenvalue weighted by Crippen LogP contribution is -2.56. The lowest BCUT2D eigenvalue weighted by molar-refractivity contribution is -0.107. The number of carbonyl (C=O) groups is 1. The summed E-state index contributed by atoms with van der Waals surface area (Å²) in [7, 11) is -3.42. The zero-order valence-electron chi connectivity index (χ0n) is 23.6. The van der Waals surface area contributed by atoms with Gasteiger partial charge in [0.05, 0.1) is 6.10 Å². The van der Waals surface area contributed by atoms with Crippen molar-refractivity contribution in [2.45, 2.75) is 136 Å². The summed E-state index contributed by atoms with van der Waals surface area (Å²) in [6.07, 6.45) is 10.3. The maximum Gasteiger partial charge on any atom is 0.192 e. The Labute approximate surface area is 207 Å². The highest BCUT2D eigenvalue weighted by atomic mass is 28.4. The molecule has 0 amide bonds. The van der Waals surface area contributed by atoms with Crippen LogP contribution in [0.2, 0.25) is 36.3 Å². The van der Waals surface area contributed by atoms with Gasteiger partial charge in [-0.1, -0.05) is 61.5 Å². The molecule has 33 heavy (non-hydrogen) atoms. The second-order valence-electron chi connectivity index (χ2n) is 13.0. The van der Waals surface area contributed by atoms with Crippen molar-refractivity contribution in [1.29, 1.82) is 0 Å². The number of hydrogen-bond donors (Lipinski definition) is 0. The fourth-order valence-corrected chi connectivity index (χ4v) is 10.6. The number of hydrogen-bond acceptors (Lipinski definition) is 3. The normalized spacial score (nSPS) is 31.2. The topological polar surface area (TPSA) is 35.5 Å². The molecule has 0 saturated heterocycles. The number of carbonyl (C=O) groups excluding carboxylic acids is 1. The summed E-state index contributed by atoms with van der Waals surface area (Å²) < 4.78 is 13.8. The van der Waals surface area contributed by atoms with Crippen molar-refractivity contribution in [3.8, 4) is 0 Å². The standard InChI is InChI=1S/C28H54O3Si2/c1-11-33(12-2,13-3)31-25-17-19-27(7)21-23(22-29)15-16-24(27)28(25,8)18-14-20-30-32(9,10)26(4,5)6/h21-22,24-25H,11-20H2,1-10H3/t24-,25-,27+,28+/m1/s1. The number of allylic oxidation sites excluding steroid dienone is 2. The molecule has 2 aliphatic carbocycles. The third-order valence-electron chi connectivity index (χ3n) is 10.1. The Morgan fingerprint density at radius 3 is 2.21 bits per heavy atom. The maximum atomic E-state index is 11.6. The molecule has 0 aromatic heterocycles. The molecule has 0 aliphatic heterocycles. The molecular formula is C28H54O3Si2. The highest BCUT2D eigenvalue weighted by Gasteiger charge is 2.55. The monoisotopic (exact) mass is 494 g/mol. The van der Waals surface area contributed by atoms with E-state index in [2.05, 4.69) is 74.6 Å². The Balaban J connectivity index is 2.28. The van der Waals surface area contributed by atoms with E-state index in [1.54, 1.807) is 0 Å². The quantitative estimate of drug-likeness (QED) is 0.164.